The SMILES string of the molecule is C=C(NCC(C#N)CN1CCc2ccccc2C1)/C(C=N)=C/C(N)=NC1CNC1. The molecule has 152 valence electrons. The monoisotopic (exact) mass is 391 g/mol. The van der Waals surface area contributed by atoms with Crippen LogP contribution in [0, 0.1) is 22.7 Å². The molecule has 7 heteroatoms. The molecule has 2 heterocycles. The Bertz CT molecular complexity index is 845. The van der Waals surface area contributed by atoms with Crippen LogP contribution in [-0.2, 0) is 13.0 Å². The lowest BCUT2D eigenvalue weighted by atomic mass is 9.99. The molecule has 5 N–H and O–H groups in total. The second kappa shape index (κ2) is 10.0. The molecule has 0 amide bonds. The van der Waals surface area contributed by atoms with Gasteiger partial charge in [-0.2, -0.15) is 5.26 Å². The fourth-order valence-electron chi connectivity index (χ4n) is 3.51. The number of nitrogens with two attached hydrogens (primary N) is 1. The Kier molecular flexibility index (Phi) is 7.17. The van der Waals surface area contributed by atoms with E-state index in [1.165, 1.54) is 17.3 Å². The molecular weight excluding hydrogens is 362 g/mol. The van der Waals surface area contributed by atoms with E-state index in [1.54, 1.807) is 6.08 Å². The summed E-state index contributed by atoms with van der Waals surface area (Å²) in [6.07, 6.45) is 3.88. The van der Waals surface area contributed by atoms with Crippen molar-refractivity contribution in [1.82, 2.24) is 15.5 Å². The van der Waals surface area contributed by atoms with Gasteiger partial charge >= 0.3 is 0 Å². The molecule has 1 unspecified atom stereocenters. The van der Waals surface area contributed by atoms with Crippen LogP contribution in [0.25, 0.3) is 0 Å². The number of nitriles is 1. The average molecular weight is 392 g/mol. The minimum Gasteiger partial charge on any atom is -0.384 e. The smallest absolute Gasteiger partial charge is 0.119 e. The molecule has 1 fully saturated rings. The maximum atomic E-state index is 9.59. The first-order valence-electron chi connectivity index (χ1n) is 9.97. The van der Waals surface area contributed by atoms with Crippen molar-refractivity contribution in [1.29, 1.82) is 10.7 Å². The Morgan fingerprint density at radius 3 is 2.86 bits per heavy atom. The van der Waals surface area contributed by atoms with Gasteiger partial charge in [-0.3, -0.25) is 9.89 Å². The second-order valence-corrected chi connectivity index (χ2v) is 7.55. The minimum absolute atomic E-state index is 0.170. The van der Waals surface area contributed by atoms with Crippen molar-refractivity contribution in [2.75, 3.05) is 32.7 Å². The molecule has 2 aliphatic rings. The van der Waals surface area contributed by atoms with Crippen LogP contribution in [0.4, 0.5) is 0 Å². The van der Waals surface area contributed by atoms with E-state index in [1.807, 2.05) is 0 Å². The molecule has 2 aliphatic heterocycles. The second-order valence-electron chi connectivity index (χ2n) is 7.55. The number of benzene rings is 1. The van der Waals surface area contributed by atoms with Gasteiger partial charge in [0, 0.05) is 56.8 Å². The lowest BCUT2D eigenvalue weighted by Crippen LogP contribution is -2.46. The highest BCUT2D eigenvalue weighted by molar-refractivity contribution is 5.98. The summed E-state index contributed by atoms with van der Waals surface area (Å²) in [7, 11) is 0. The summed E-state index contributed by atoms with van der Waals surface area (Å²) in [6.45, 7) is 8.68. The van der Waals surface area contributed by atoms with Crippen molar-refractivity contribution in [2.24, 2.45) is 16.6 Å². The van der Waals surface area contributed by atoms with Crippen LogP contribution in [-0.4, -0.2) is 55.7 Å². The van der Waals surface area contributed by atoms with Gasteiger partial charge in [0.25, 0.3) is 0 Å². The predicted molar refractivity (Wildman–Crippen MR) is 117 cm³/mol. The zero-order chi connectivity index (χ0) is 20.6. The first-order chi connectivity index (χ1) is 14.1. The Hall–Kier alpha value is -2.95. The summed E-state index contributed by atoms with van der Waals surface area (Å²) in [5.41, 5.74) is 9.86. The zero-order valence-corrected chi connectivity index (χ0v) is 16.7. The number of aliphatic imine (C=N–C) groups is 1. The van der Waals surface area contributed by atoms with Crippen molar-refractivity contribution < 1.29 is 0 Å². The Labute approximate surface area is 172 Å². The van der Waals surface area contributed by atoms with Crippen LogP contribution in [0.5, 0.6) is 0 Å². The third-order valence-corrected chi connectivity index (χ3v) is 5.33. The highest BCUT2D eigenvalue weighted by atomic mass is 15.1. The quantitative estimate of drug-likeness (QED) is 0.287. The highest BCUT2D eigenvalue weighted by Crippen LogP contribution is 2.19. The van der Waals surface area contributed by atoms with Crippen molar-refractivity contribution in [3.8, 4) is 6.07 Å². The van der Waals surface area contributed by atoms with Crippen LogP contribution in [0.2, 0.25) is 0 Å². The lowest BCUT2D eigenvalue weighted by Gasteiger charge is -2.30. The van der Waals surface area contributed by atoms with Gasteiger partial charge in [0.15, 0.2) is 0 Å². The summed E-state index contributed by atoms with van der Waals surface area (Å²) in [6, 6.07) is 11.1. The Morgan fingerprint density at radius 2 is 2.21 bits per heavy atom. The maximum absolute atomic E-state index is 9.59. The number of nitrogens with one attached hydrogen (secondary N) is 3. The Balaban J connectivity index is 1.51. The normalized spacial score (nSPS) is 18.9. The molecule has 0 aromatic heterocycles. The molecule has 0 bridgehead atoms. The largest absolute Gasteiger partial charge is 0.384 e. The van der Waals surface area contributed by atoms with Gasteiger partial charge in [-0.05, 0) is 23.6 Å². The lowest BCUT2D eigenvalue weighted by molar-refractivity contribution is 0.231. The van der Waals surface area contributed by atoms with Crippen LogP contribution < -0.4 is 16.4 Å². The van der Waals surface area contributed by atoms with Gasteiger partial charge in [-0.15, -0.1) is 0 Å². The molecule has 7 nitrogen and oxygen atoms in total. The topological polar surface area (TPSA) is 113 Å². The molecule has 0 saturated carbocycles. The van der Waals surface area contributed by atoms with Gasteiger partial charge in [-0.1, -0.05) is 30.8 Å². The third-order valence-electron chi connectivity index (χ3n) is 5.33. The van der Waals surface area contributed by atoms with E-state index in [-0.39, 0.29) is 12.0 Å². The van der Waals surface area contributed by atoms with E-state index < -0.39 is 0 Å². The molecule has 1 atom stereocenters. The number of nitrogens with zero attached hydrogens (tertiary/aromatic N) is 3. The van der Waals surface area contributed by atoms with Gasteiger partial charge in [0.1, 0.15) is 5.84 Å². The van der Waals surface area contributed by atoms with Crippen LogP contribution >= 0.6 is 0 Å². The molecule has 1 aromatic carbocycles. The fraction of sp³-hybridized carbons (Fsp3) is 0.409. The van der Waals surface area contributed by atoms with E-state index in [4.69, 9.17) is 11.1 Å². The van der Waals surface area contributed by atoms with Crippen molar-refractivity contribution in [3.05, 3.63) is 59.3 Å². The fourth-order valence-corrected chi connectivity index (χ4v) is 3.51. The van der Waals surface area contributed by atoms with Crippen LogP contribution in [0.15, 0.2) is 53.2 Å². The first kappa shape index (κ1) is 20.8. The van der Waals surface area contributed by atoms with Crippen molar-refractivity contribution >= 4 is 12.1 Å². The number of hydrogen-bond donors (Lipinski definition) is 4. The predicted octanol–water partition coefficient (Wildman–Crippen LogP) is 1.19. The number of rotatable bonds is 9. The number of hydrogen-bond acceptors (Lipinski definition) is 6. The number of amidine groups is 1. The summed E-state index contributed by atoms with van der Waals surface area (Å²) < 4.78 is 0. The number of fused-ring (bicyclic) bond motifs is 1. The van der Waals surface area contributed by atoms with E-state index in [0.717, 1.165) is 32.6 Å². The van der Waals surface area contributed by atoms with Crippen molar-refractivity contribution in [3.63, 3.8) is 0 Å². The zero-order valence-electron chi connectivity index (χ0n) is 16.7. The van der Waals surface area contributed by atoms with E-state index in [2.05, 4.69) is 57.4 Å². The van der Waals surface area contributed by atoms with E-state index in [0.29, 0.717) is 30.2 Å². The molecule has 1 saturated heterocycles. The molecular formula is C22H29N7. The van der Waals surface area contributed by atoms with E-state index in [9.17, 15) is 5.26 Å². The molecule has 1 aromatic rings. The van der Waals surface area contributed by atoms with Crippen LogP contribution in [0.3, 0.4) is 0 Å². The molecule has 0 spiro atoms. The van der Waals surface area contributed by atoms with Gasteiger partial charge in [-0.25, -0.2) is 0 Å². The molecule has 29 heavy (non-hydrogen) atoms. The summed E-state index contributed by atoms with van der Waals surface area (Å²) >= 11 is 0. The van der Waals surface area contributed by atoms with Gasteiger partial charge in [0.2, 0.25) is 0 Å². The highest BCUT2D eigenvalue weighted by Gasteiger charge is 2.20. The van der Waals surface area contributed by atoms with E-state index >= 15 is 0 Å². The standard InChI is InChI=1S/C22H29N7/c1-16(20(10-24)8-22(25)28-21-12-26-13-21)27-11-17(9-23)14-29-7-6-18-4-2-3-5-19(18)15-29/h2-5,8,10,17,21,24,26-27H,1,6-7,11-15H2,(H2,25,28)/b20-8+,24-10?. The third kappa shape index (κ3) is 5.76. The molecule has 0 aliphatic carbocycles. The molecule has 0 radical (unpaired) electrons. The van der Waals surface area contributed by atoms with Crippen molar-refractivity contribution in [2.45, 2.75) is 19.0 Å². The summed E-state index contributed by atoms with van der Waals surface area (Å²) in [5.74, 6) is 0.220. The van der Waals surface area contributed by atoms with Crippen LogP contribution in [0.1, 0.15) is 11.1 Å². The Morgan fingerprint density at radius 1 is 1.45 bits per heavy atom. The summed E-state index contributed by atoms with van der Waals surface area (Å²) in [4.78, 5) is 6.71. The average Bonchev–Trinajstić information content (AvgIpc) is 2.71. The molecule has 3 rings (SSSR count). The van der Waals surface area contributed by atoms with Gasteiger partial charge in [0.05, 0.1) is 18.0 Å². The number of allylic oxidation sites excluding steroid dienone is 1. The van der Waals surface area contributed by atoms with Gasteiger partial charge < -0.3 is 21.8 Å². The maximum Gasteiger partial charge on any atom is 0.119 e. The summed E-state index contributed by atoms with van der Waals surface area (Å²) in [5, 5.41) is 23.6. The first-order valence-corrected chi connectivity index (χ1v) is 9.97. The minimum atomic E-state index is -0.170.